The minimum atomic E-state index is -0.319. The average Bonchev–Trinajstić information content (AvgIpc) is 3.07. The Kier molecular flexibility index (Phi) is 5.14. The summed E-state index contributed by atoms with van der Waals surface area (Å²) in [5.74, 6) is 0.588. The second-order valence-corrected chi connectivity index (χ2v) is 7.03. The summed E-state index contributed by atoms with van der Waals surface area (Å²) in [6.07, 6.45) is 3.40. The zero-order valence-electron chi connectivity index (χ0n) is 14.3. The van der Waals surface area contributed by atoms with Crippen molar-refractivity contribution in [3.63, 3.8) is 0 Å². The number of nitrogens with one attached hydrogen (secondary N) is 2. The van der Waals surface area contributed by atoms with Gasteiger partial charge in [0.1, 0.15) is 0 Å². The SMILES string of the molecule is Cc1cccc(C)c1NC(=O)[C@H](C)Sc1n[nH]c(-c2ccncc2)n1. The molecule has 2 aromatic heterocycles. The topological polar surface area (TPSA) is 83.6 Å². The molecule has 128 valence electrons. The average molecular weight is 353 g/mol. The van der Waals surface area contributed by atoms with Crippen LogP contribution in [0.15, 0.2) is 47.9 Å². The lowest BCUT2D eigenvalue weighted by Gasteiger charge is -2.14. The van der Waals surface area contributed by atoms with Crippen molar-refractivity contribution < 1.29 is 4.79 Å². The monoisotopic (exact) mass is 353 g/mol. The van der Waals surface area contributed by atoms with E-state index >= 15 is 0 Å². The van der Waals surface area contributed by atoms with Crippen molar-refractivity contribution >= 4 is 23.4 Å². The van der Waals surface area contributed by atoms with Crippen LogP contribution in [0.4, 0.5) is 5.69 Å². The minimum absolute atomic E-state index is 0.0716. The molecule has 0 spiro atoms. The Bertz CT molecular complexity index is 858. The van der Waals surface area contributed by atoms with Gasteiger partial charge in [-0.05, 0) is 44.0 Å². The van der Waals surface area contributed by atoms with Gasteiger partial charge in [0.15, 0.2) is 5.82 Å². The van der Waals surface area contributed by atoms with Gasteiger partial charge in [0.2, 0.25) is 11.1 Å². The Morgan fingerprint density at radius 1 is 1.16 bits per heavy atom. The number of pyridine rings is 1. The number of anilines is 1. The predicted molar refractivity (Wildman–Crippen MR) is 99.5 cm³/mol. The first-order valence-electron chi connectivity index (χ1n) is 7.91. The lowest BCUT2D eigenvalue weighted by molar-refractivity contribution is -0.115. The number of aromatic amines is 1. The van der Waals surface area contributed by atoms with Gasteiger partial charge in [-0.1, -0.05) is 30.0 Å². The van der Waals surface area contributed by atoms with E-state index in [0.717, 1.165) is 22.4 Å². The third-order valence-electron chi connectivity index (χ3n) is 3.80. The molecule has 25 heavy (non-hydrogen) atoms. The van der Waals surface area contributed by atoms with Crippen LogP contribution in [0.2, 0.25) is 0 Å². The maximum Gasteiger partial charge on any atom is 0.237 e. The second kappa shape index (κ2) is 7.48. The summed E-state index contributed by atoms with van der Waals surface area (Å²) >= 11 is 1.32. The van der Waals surface area contributed by atoms with Crippen LogP contribution in [0.3, 0.4) is 0 Å². The van der Waals surface area contributed by atoms with Crippen LogP contribution in [-0.2, 0) is 4.79 Å². The molecule has 0 aliphatic rings. The van der Waals surface area contributed by atoms with Crippen molar-refractivity contribution in [3.05, 3.63) is 53.9 Å². The fraction of sp³-hybridized carbons (Fsp3) is 0.222. The molecule has 6 nitrogen and oxygen atoms in total. The second-order valence-electron chi connectivity index (χ2n) is 5.72. The molecule has 1 amide bonds. The largest absolute Gasteiger partial charge is 0.325 e. The lowest BCUT2D eigenvalue weighted by atomic mass is 10.1. The number of hydrogen-bond donors (Lipinski definition) is 2. The van der Waals surface area contributed by atoms with Crippen molar-refractivity contribution in [3.8, 4) is 11.4 Å². The third kappa shape index (κ3) is 4.06. The quantitative estimate of drug-likeness (QED) is 0.685. The van der Waals surface area contributed by atoms with Crippen LogP contribution in [0.25, 0.3) is 11.4 Å². The summed E-state index contributed by atoms with van der Waals surface area (Å²) in [6, 6.07) is 9.65. The smallest absolute Gasteiger partial charge is 0.237 e. The summed E-state index contributed by atoms with van der Waals surface area (Å²) in [4.78, 5) is 20.9. The van der Waals surface area contributed by atoms with E-state index in [9.17, 15) is 4.79 Å². The number of para-hydroxylation sites is 1. The zero-order valence-corrected chi connectivity index (χ0v) is 15.1. The van der Waals surface area contributed by atoms with Crippen LogP contribution in [-0.4, -0.2) is 31.3 Å². The summed E-state index contributed by atoms with van der Waals surface area (Å²) in [7, 11) is 0. The molecule has 1 aromatic carbocycles. The van der Waals surface area contributed by atoms with E-state index in [4.69, 9.17) is 0 Å². The number of nitrogens with zero attached hydrogens (tertiary/aromatic N) is 3. The maximum absolute atomic E-state index is 12.5. The molecule has 0 saturated carbocycles. The summed E-state index contributed by atoms with van der Waals surface area (Å²) < 4.78 is 0. The van der Waals surface area contributed by atoms with Gasteiger partial charge in [0.05, 0.1) is 5.25 Å². The molecule has 0 saturated heterocycles. The highest BCUT2D eigenvalue weighted by Gasteiger charge is 2.18. The Hall–Kier alpha value is -2.67. The van der Waals surface area contributed by atoms with Crippen LogP contribution in [0, 0.1) is 13.8 Å². The van der Waals surface area contributed by atoms with Crippen molar-refractivity contribution in [2.45, 2.75) is 31.2 Å². The van der Waals surface area contributed by atoms with E-state index in [0.29, 0.717) is 11.0 Å². The van der Waals surface area contributed by atoms with Gasteiger partial charge < -0.3 is 5.32 Å². The van der Waals surface area contributed by atoms with Gasteiger partial charge >= 0.3 is 0 Å². The molecule has 2 N–H and O–H groups in total. The number of H-pyrrole nitrogens is 1. The number of thioether (sulfide) groups is 1. The van der Waals surface area contributed by atoms with Gasteiger partial charge in [-0.2, -0.15) is 0 Å². The molecule has 0 aliphatic carbocycles. The Morgan fingerprint density at radius 2 is 1.84 bits per heavy atom. The fourth-order valence-electron chi connectivity index (χ4n) is 2.39. The summed E-state index contributed by atoms with van der Waals surface area (Å²) in [5, 5.41) is 10.3. The Morgan fingerprint density at radius 3 is 2.52 bits per heavy atom. The molecule has 1 atom stereocenters. The molecule has 0 bridgehead atoms. The van der Waals surface area contributed by atoms with Gasteiger partial charge in [-0.3, -0.25) is 14.9 Å². The highest BCUT2D eigenvalue weighted by molar-refractivity contribution is 8.00. The van der Waals surface area contributed by atoms with E-state index in [1.807, 2.05) is 51.1 Å². The fourth-order valence-corrected chi connectivity index (χ4v) is 3.11. The first-order valence-corrected chi connectivity index (χ1v) is 8.79. The molecule has 3 rings (SSSR count). The van der Waals surface area contributed by atoms with E-state index in [1.54, 1.807) is 12.4 Å². The highest BCUT2D eigenvalue weighted by Crippen LogP contribution is 2.25. The van der Waals surface area contributed by atoms with E-state index in [2.05, 4.69) is 25.5 Å². The molecule has 2 heterocycles. The van der Waals surface area contributed by atoms with Gasteiger partial charge in [-0.25, -0.2) is 4.98 Å². The minimum Gasteiger partial charge on any atom is -0.325 e. The maximum atomic E-state index is 12.5. The molecular weight excluding hydrogens is 334 g/mol. The number of amides is 1. The summed E-state index contributed by atoms with van der Waals surface area (Å²) in [6.45, 7) is 5.81. The van der Waals surface area contributed by atoms with Gasteiger partial charge in [0, 0.05) is 23.6 Å². The first-order chi connectivity index (χ1) is 12.0. The lowest BCUT2D eigenvalue weighted by Crippen LogP contribution is -2.23. The number of hydrogen-bond acceptors (Lipinski definition) is 5. The molecule has 7 heteroatoms. The predicted octanol–water partition coefficient (Wildman–Crippen LogP) is 3.60. The number of carbonyl (C=O) groups excluding carboxylic acids is 1. The molecular formula is C18H19N5OS. The van der Waals surface area contributed by atoms with E-state index in [1.165, 1.54) is 11.8 Å². The molecule has 3 aromatic rings. The van der Waals surface area contributed by atoms with E-state index in [-0.39, 0.29) is 11.2 Å². The first kappa shape index (κ1) is 17.2. The Labute approximate surface area is 150 Å². The summed E-state index contributed by atoms with van der Waals surface area (Å²) in [5.41, 5.74) is 3.86. The zero-order chi connectivity index (χ0) is 17.8. The third-order valence-corrected chi connectivity index (χ3v) is 4.76. The van der Waals surface area contributed by atoms with Gasteiger partial charge in [0.25, 0.3) is 0 Å². The van der Waals surface area contributed by atoms with Crippen LogP contribution in [0.5, 0.6) is 0 Å². The molecule has 0 unspecified atom stereocenters. The van der Waals surface area contributed by atoms with Gasteiger partial charge in [-0.15, -0.1) is 5.10 Å². The van der Waals surface area contributed by atoms with Crippen molar-refractivity contribution in [1.29, 1.82) is 0 Å². The molecule has 0 aliphatic heterocycles. The standard InChI is InChI=1S/C18H19N5OS/c1-11-5-4-6-12(2)15(11)20-17(24)13(3)25-18-21-16(22-23-18)14-7-9-19-10-8-14/h4-10,13H,1-3H3,(H,20,24)(H,21,22,23)/t13-/m0/s1. The highest BCUT2D eigenvalue weighted by atomic mass is 32.2. The van der Waals surface area contributed by atoms with Crippen LogP contribution in [0.1, 0.15) is 18.1 Å². The van der Waals surface area contributed by atoms with E-state index < -0.39 is 0 Å². The number of aromatic nitrogens is 4. The van der Waals surface area contributed by atoms with Crippen molar-refractivity contribution in [2.75, 3.05) is 5.32 Å². The van der Waals surface area contributed by atoms with Crippen molar-refractivity contribution in [2.24, 2.45) is 0 Å². The van der Waals surface area contributed by atoms with Crippen molar-refractivity contribution in [1.82, 2.24) is 20.2 Å². The Balaban J connectivity index is 1.67. The molecule has 0 fully saturated rings. The normalized spacial score (nSPS) is 12.0. The number of carbonyl (C=O) groups is 1. The van der Waals surface area contributed by atoms with Crippen LogP contribution < -0.4 is 5.32 Å². The number of benzene rings is 1. The number of rotatable bonds is 5. The van der Waals surface area contributed by atoms with Crippen LogP contribution >= 0.6 is 11.8 Å². The molecule has 0 radical (unpaired) electrons. The number of aryl methyl sites for hydroxylation is 2.